The lowest BCUT2D eigenvalue weighted by atomic mass is 9.97. The molecule has 36 heavy (non-hydrogen) atoms. The van der Waals surface area contributed by atoms with Crippen molar-refractivity contribution in [2.75, 3.05) is 23.3 Å². The van der Waals surface area contributed by atoms with E-state index in [4.69, 9.17) is 4.98 Å². The first kappa shape index (κ1) is 25.0. The summed E-state index contributed by atoms with van der Waals surface area (Å²) in [6.45, 7) is 6.98. The molecule has 1 aromatic heterocycles. The molecule has 0 bridgehead atoms. The van der Waals surface area contributed by atoms with E-state index in [0.29, 0.717) is 35.5 Å². The number of fused-ring (bicyclic) bond motifs is 1. The number of anilines is 3. The number of nitrogens with one attached hydrogen (secondary N) is 3. The average Bonchev–Trinajstić information content (AvgIpc) is 2.87. The number of benzene rings is 2. The number of hydrogen-bond donors (Lipinski definition) is 3. The van der Waals surface area contributed by atoms with Gasteiger partial charge < -0.3 is 16.0 Å². The molecule has 2 aromatic carbocycles. The molecular weight excluding hydrogens is 466 g/mol. The fourth-order valence-electron chi connectivity index (χ4n) is 3.97. The van der Waals surface area contributed by atoms with Gasteiger partial charge in [0.25, 0.3) is 5.91 Å². The standard InChI is InChI=1S/C26H28F2N6O2/c1-4-11-29-24(35)16-10-9-15(3)17(13-16)21-18-14-31-26(36)34(22-19(27)7-6-8-20(22)28)23(18)33-25(32-21)30-12-5-2/h6-10,13H,4-5,11-12,14H2,1-3H3,(H,29,35)(H,31,36)(H,30,32,33). The molecule has 1 aliphatic heterocycles. The van der Waals surface area contributed by atoms with Gasteiger partial charge in [0.1, 0.15) is 17.3 Å². The summed E-state index contributed by atoms with van der Waals surface area (Å²) in [5, 5.41) is 8.64. The van der Waals surface area contributed by atoms with Crippen LogP contribution in [0.1, 0.15) is 48.2 Å². The molecule has 188 valence electrons. The van der Waals surface area contributed by atoms with Gasteiger partial charge in [-0.3, -0.25) is 4.79 Å². The van der Waals surface area contributed by atoms with Gasteiger partial charge in [-0.25, -0.2) is 23.5 Å². The molecule has 2 heterocycles. The Morgan fingerprint density at radius 3 is 2.50 bits per heavy atom. The molecule has 0 fully saturated rings. The minimum absolute atomic E-state index is 0.0514. The van der Waals surface area contributed by atoms with Gasteiger partial charge in [0.05, 0.1) is 12.2 Å². The van der Waals surface area contributed by atoms with E-state index < -0.39 is 23.4 Å². The third-order valence-corrected chi connectivity index (χ3v) is 5.80. The molecule has 4 rings (SSSR count). The summed E-state index contributed by atoms with van der Waals surface area (Å²) in [7, 11) is 0. The van der Waals surface area contributed by atoms with Crippen molar-refractivity contribution in [3.8, 4) is 11.3 Å². The number of halogens is 2. The monoisotopic (exact) mass is 494 g/mol. The number of para-hydroxylation sites is 1. The highest BCUT2D eigenvalue weighted by Gasteiger charge is 2.34. The zero-order valence-corrected chi connectivity index (χ0v) is 20.4. The lowest BCUT2D eigenvalue weighted by Crippen LogP contribution is -2.43. The molecule has 3 aromatic rings. The van der Waals surface area contributed by atoms with Crippen LogP contribution in [0.25, 0.3) is 11.3 Å². The van der Waals surface area contributed by atoms with E-state index in [1.807, 2.05) is 26.8 Å². The number of carbonyl (C=O) groups is 2. The van der Waals surface area contributed by atoms with Crippen LogP contribution >= 0.6 is 0 Å². The second-order valence-electron chi connectivity index (χ2n) is 8.47. The molecule has 10 heteroatoms. The van der Waals surface area contributed by atoms with E-state index in [-0.39, 0.29) is 24.2 Å². The van der Waals surface area contributed by atoms with Gasteiger partial charge in [-0.1, -0.05) is 26.0 Å². The second kappa shape index (κ2) is 10.7. The summed E-state index contributed by atoms with van der Waals surface area (Å²) in [4.78, 5) is 35.6. The number of hydrogen-bond acceptors (Lipinski definition) is 5. The van der Waals surface area contributed by atoms with E-state index in [9.17, 15) is 18.4 Å². The number of nitrogens with zero attached hydrogens (tertiary/aromatic N) is 3. The molecule has 0 spiro atoms. The minimum atomic E-state index is -0.896. The highest BCUT2D eigenvalue weighted by molar-refractivity contribution is 6.02. The van der Waals surface area contributed by atoms with Crippen molar-refractivity contribution in [3.63, 3.8) is 0 Å². The summed E-state index contributed by atoms with van der Waals surface area (Å²) in [6, 6.07) is 7.98. The van der Waals surface area contributed by atoms with E-state index in [0.717, 1.165) is 35.4 Å². The Balaban J connectivity index is 1.93. The van der Waals surface area contributed by atoms with Crippen molar-refractivity contribution in [2.45, 2.75) is 40.2 Å². The number of amides is 3. The van der Waals surface area contributed by atoms with Crippen molar-refractivity contribution in [1.82, 2.24) is 20.6 Å². The maximum Gasteiger partial charge on any atom is 0.328 e. The number of aryl methyl sites for hydroxylation is 1. The van der Waals surface area contributed by atoms with Crippen LogP contribution in [-0.4, -0.2) is 35.0 Å². The van der Waals surface area contributed by atoms with E-state index in [1.165, 1.54) is 6.07 Å². The summed E-state index contributed by atoms with van der Waals surface area (Å²) >= 11 is 0. The normalized spacial score (nSPS) is 12.7. The fourth-order valence-corrected chi connectivity index (χ4v) is 3.97. The number of rotatable bonds is 8. The first-order valence-electron chi connectivity index (χ1n) is 11.9. The van der Waals surface area contributed by atoms with Crippen LogP contribution in [0, 0.1) is 18.6 Å². The summed E-state index contributed by atoms with van der Waals surface area (Å²) < 4.78 is 29.5. The molecule has 1 aliphatic rings. The average molecular weight is 495 g/mol. The van der Waals surface area contributed by atoms with Crippen LogP contribution in [0.2, 0.25) is 0 Å². The van der Waals surface area contributed by atoms with Crippen LogP contribution in [-0.2, 0) is 6.54 Å². The number of carbonyl (C=O) groups excluding carboxylic acids is 2. The van der Waals surface area contributed by atoms with Crippen LogP contribution in [0.3, 0.4) is 0 Å². The predicted molar refractivity (Wildman–Crippen MR) is 134 cm³/mol. The van der Waals surface area contributed by atoms with Gasteiger partial charge in [0.15, 0.2) is 5.82 Å². The van der Waals surface area contributed by atoms with Gasteiger partial charge in [-0.05, 0) is 49.6 Å². The van der Waals surface area contributed by atoms with Gasteiger partial charge in [-0.15, -0.1) is 0 Å². The van der Waals surface area contributed by atoms with Crippen LogP contribution < -0.4 is 20.9 Å². The zero-order valence-electron chi connectivity index (χ0n) is 20.4. The maximum atomic E-state index is 14.8. The number of aromatic nitrogens is 2. The molecule has 3 amide bonds. The Labute approximate surface area is 208 Å². The van der Waals surface area contributed by atoms with Crippen molar-refractivity contribution in [3.05, 3.63) is 64.7 Å². The Bertz CT molecular complexity index is 1290. The van der Waals surface area contributed by atoms with Crippen molar-refractivity contribution in [1.29, 1.82) is 0 Å². The topological polar surface area (TPSA) is 99.2 Å². The Hall–Kier alpha value is -4.08. The Morgan fingerprint density at radius 1 is 1.08 bits per heavy atom. The molecule has 0 saturated carbocycles. The molecule has 0 saturated heterocycles. The van der Waals surface area contributed by atoms with Crippen molar-refractivity contribution in [2.24, 2.45) is 0 Å². The van der Waals surface area contributed by atoms with E-state index in [1.54, 1.807) is 12.1 Å². The smallest absolute Gasteiger partial charge is 0.328 e. The van der Waals surface area contributed by atoms with E-state index in [2.05, 4.69) is 20.9 Å². The fraction of sp³-hybridized carbons (Fsp3) is 0.308. The Kier molecular flexibility index (Phi) is 7.42. The molecule has 0 aliphatic carbocycles. The zero-order chi connectivity index (χ0) is 25.8. The van der Waals surface area contributed by atoms with Gasteiger partial charge in [-0.2, -0.15) is 4.98 Å². The highest BCUT2D eigenvalue weighted by atomic mass is 19.1. The van der Waals surface area contributed by atoms with Gasteiger partial charge in [0.2, 0.25) is 5.95 Å². The van der Waals surface area contributed by atoms with E-state index >= 15 is 0 Å². The third kappa shape index (κ3) is 4.84. The first-order valence-corrected chi connectivity index (χ1v) is 11.9. The third-order valence-electron chi connectivity index (χ3n) is 5.80. The second-order valence-corrected chi connectivity index (χ2v) is 8.47. The quantitative estimate of drug-likeness (QED) is 0.407. The molecule has 0 atom stereocenters. The lowest BCUT2D eigenvalue weighted by Gasteiger charge is -2.31. The van der Waals surface area contributed by atoms with Crippen LogP contribution in [0.15, 0.2) is 36.4 Å². The molecule has 8 nitrogen and oxygen atoms in total. The van der Waals surface area contributed by atoms with Gasteiger partial charge >= 0.3 is 6.03 Å². The largest absolute Gasteiger partial charge is 0.354 e. The lowest BCUT2D eigenvalue weighted by molar-refractivity contribution is 0.0953. The van der Waals surface area contributed by atoms with Crippen molar-refractivity contribution < 1.29 is 18.4 Å². The molecular formula is C26H28F2N6O2. The predicted octanol–water partition coefficient (Wildman–Crippen LogP) is 5.05. The van der Waals surface area contributed by atoms with Crippen LogP contribution in [0.4, 0.5) is 31.0 Å². The minimum Gasteiger partial charge on any atom is -0.354 e. The maximum absolute atomic E-state index is 14.8. The first-order chi connectivity index (χ1) is 17.3. The number of urea groups is 1. The van der Waals surface area contributed by atoms with Crippen molar-refractivity contribution >= 4 is 29.4 Å². The highest BCUT2D eigenvalue weighted by Crippen LogP contribution is 2.39. The molecule has 0 unspecified atom stereocenters. The summed E-state index contributed by atoms with van der Waals surface area (Å²) in [5.41, 5.74) is 2.37. The summed E-state index contributed by atoms with van der Waals surface area (Å²) in [6.07, 6.45) is 1.59. The SMILES string of the molecule is CCCNC(=O)c1ccc(C)c(-c2nc(NCCC)nc3c2CNC(=O)N3c2c(F)cccc2F)c1. The van der Waals surface area contributed by atoms with Gasteiger partial charge in [0, 0.05) is 29.8 Å². The summed E-state index contributed by atoms with van der Waals surface area (Å²) in [5.74, 6) is -1.72. The Morgan fingerprint density at radius 2 is 1.81 bits per heavy atom. The van der Waals surface area contributed by atoms with Crippen LogP contribution in [0.5, 0.6) is 0 Å². The molecule has 0 radical (unpaired) electrons. The molecule has 3 N–H and O–H groups in total.